The molecule has 0 radical (unpaired) electrons. The Hall–Kier alpha value is -2.35. The summed E-state index contributed by atoms with van der Waals surface area (Å²) in [6, 6.07) is 11.6. The quantitative estimate of drug-likeness (QED) is 0.512. The monoisotopic (exact) mass is 532 g/mol. The number of amides is 2. The van der Waals surface area contributed by atoms with E-state index in [1.165, 1.54) is 0 Å². The van der Waals surface area contributed by atoms with E-state index in [0.717, 1.165) is 50.9 Å². The van der Waals surface area contributed by atoms with E-state index in [1.807, 2.05) is 42.3 Å². The third-order valence-electron chi connectivity index (χ3n) is 7.81. The number of ether oxygens (including phenoxy) is 1. The standard InChI is InChI=1S/C27H34Cl2N4O3/c1-19(34)31(2)21-10-14-32(15-11-21)16-13-27(20-7-8-22(28)23(29)17-20)12-9-26(35)33(18-27)24-5-4-6-25(30-24)36-3/h4-8,17,21H,9-16,18H2,1-3H3/t27-/m1/s1. The van der Waals surface area contributed by atoms with Gasteiger partial charge in [0.1, 0.15) is 5.82 Å². The summed E-state index contributed by atoms with van der Waals surface area (Å²) in [4.78, 5) is 35.5. The smallest absolute Gasteiger partial charge is 0.228 e. The summed E-state index contributed by atoms with van der Waals surface area (Å²) in [5, 5.41) is 1.04. The lowest BCUT2D eigenvalue weighted by Gasteiger charge is -2.44. The summed E-state index contributed by atoms with van der Waals surface area (Å²) in [7, 11) is 3.46. The maximum atomic E-state index is 13.1. The van der Waals surface area contributed by atoms with Crippen molar-refractivity contribution >= 4 is 40.8 Å². The first kappa shape index (κ1) is 26.7. The van der Waals surface area contributed by atoms with Crippen LogP contribution in [-0.2, 0) is 15.0 Å². The summed E-state index contributed by atoms with van der Waals surface area (Å²) in [6.45, 7) is 4.91. The lowest BCUT2D eigenvalue weighted by atomic mass is 9.71. The van der Waals surface area contributed by atoms with E-state index in [-0.39, 0.29) is 17.2 Å². The van der Waals surface area contributed by atoms with Crippen LogP contribution in [0.1, 0.15) is 44.6 Å². The van der Waals surface area contributed by atoms with Crippen molar-refractivity contribution in [2.45, 2.75) is 50.5 Å². The molecule has 2 aromatic rings. The molecule has 0 aliphatic carbocycles. The van der Waals surface area contributed by atoms with Crippen LogP contribution in [0.15, 0.2) is 36.4 Å². The van der Waals surface area contributed by atoms with Gasteiger partial charge in [-0.15, -0.1) is 0 Å². The number of rotatable bonds is 7. The summed E-state index contributed by atoms with van der Waals surface area (Å²) in [6.07, 6.45) is 3.95. The average molecular weight is 534 g/mol. The molecule has 0 spiro atoms. The molecule has 1 atom stereocenters. The molecule has 4 rings (SSSR count). The maximum Gasteiger partial charge on any atom is 0.228 e. The number of hydrogen-bond acceptors (Lipinski definition) is 5. The van der Waals surface area contributed by atoms with Gasteiger partial charge < -0.3 is 14.5 Å². The van der Waals surface area contributed by atoms with Crippen LogP contribution in [0.25, 0.3) is 0 Å². The summed E-state index contributed by atoms with van der Waals surface area (Å²) >= 11 is 12.7. The second kappa shape index (κ2) is 11.4. The number of carbonyl (C=O) groups excluding carboxylic acids is 2. The van der Waals surface area contributed by atoms with Crippen LogP contribution < -0.4 is 9.64 Å². The predicted molar refractivity (Wildman–Crippen MR) is 143 cm³/mol. The van der Waals surface area contributed by atoms with Crippen molar-refractivity contribution in [2.75, 3.05) is 45.2 Å². The zero-order valence-electron chi connectivity index (χ0n) is 21.2. The Morgan fingerprint density at radius 1 is 1.19 bits per heavy atom. The van der Waals surface area contributed by atoms with E-state index in [9.17, 15) is 9.59 Å². The van der Waals surface area contributed by atoms with E-state index >= 15 is 0 Å². The SMILES string of the molecule is COc1cccc(N2C[C@@](CCN3CCC(N(C)C(C)=O)CC3)(c3ccc(Cl)c(Cl)c3)CCC2=O)n1. The average Bonchev–Trinajstić information content (AvgIpc) is 2.89. The molecule has 0 N–H and O–H groups in total. The summed E-state index contributed by atoms with van der Waals surface area (Å²) in [5.74, 6) is 1.24. The number of methoxy groups -OCH3 is 1. The van der Waals surface area contributed by atoms with Crippen molar-refractivity contribution in [3.05, 3.63) is 52.0 Å². The molecule has 0 bridgehead atoms. The van der Waals surface area contributed by atoms with Crippen LogP contribution in [0.5, 0.6) is 5.88 Å². The van der Waals surface area contributed by atoms with Crippen LogP contribution in [-0.4, -0.2) is 73.0 Å². The molecule has 0 saturated carbocycles. The highest BCUT2D eigenvalue weighted by Crippen LogP contribution is 2.41. The Bertz CT molecular complexity index is 1110. The predicted octanol–water partition coefficient (Wildman–Crippen LogP) is 4.79. The second-order valence-electron chi connectivity index (χ2n) is 9.88. The zero-order valence-corrected chi connectivity index (χ0v) is 22.7. The van der Waals surface area contributed by atoms with Gasteiger partial charge in [-0.3, -0.25) is 14.5 Å². The van der Waals surface area contributed by atoms with E-state index in [1.54, 1.807) is 25.0 Å². The third-order valence-corrected chi connectivity index (χ3v) is 8.55. The summed E-state index contributed by atoms with van der Waals surface area (Å²) < 4.78 is 5.30. The van der Waals surface area contributed by atoms with Gasteiger partial charge in [0.05, 0.1) is 17.2 Å². The van der Waals surface area contributed by atoms with Crippen molar-refractivity contribution in [2.24, 2.45) is 0 Å². The van der Waals surface area contributed by atoms with Gasteiger partial charge >= 0.3 is 0 Å². The van der Waals surface area contributed by atoms with Gasteiger partial charge in [-0.2, -0.15) is 4.98 Å². The fraction of sp³-hybridized carbons (Fsp3) is 0.519. The Kier molecular flexibility index (Phi) is 8.43. The topological polar surface area (TPSA) is 66.0 Å². The number of likely N-dealkylation sites (tertiary alicyclic amines) is 1. The molecule has 1 aromatic heterocycles. The number of nitrogens with zero attached hydrogens (tertiary/aromatic N) is 4. The van der Waals surface area contributed by atoms with Gasteiger partial charge in [-0.25, -0.2) is 0 Å². The van der Waals surface area contributed by atoms with E-state index < -0.39 is 0 Å². The molecular weight excluding hydrogens is 499 g/mol. The highest BCUT2D eigenvalue weighted by Gasteiger charge is 2.41. The Morgan fingerprint density at radius 2 is 1.94 bits per heavy atom. The van der Waals surface area contributed by atoms with Gasteiger partial charge in [-0.05, 0) is 56.0 Å². The molecule has 7 nitrogen and oxygen atoms in total. The van der Waals surface area contributed by atoms with Gasteiger partial charge in [0.2, 0.25) is 17.7 Å². The number of halogens is 2. The Balaban J connectivity index is 1.56. The first-order valence-corrected chi connectivity index (χ1v) is 13.2. The van der Waals surface area contributed by atoms with Crippen LogP contribution in [0, 0.1) is 0 Å². The van der Waals surface area contributed by atoms with E-state index in [2.05, 4.69) is 9.88 Å². The first-order chi connectivity index (χ1) is 17.2. The van der Waals surface area contributed by atoms with Crippen molar-refractivity contribution < 1.29 is 14.3 Å². The first-order valence-electron chi connectivity index (χ1n) is 12.4. The lowest BCUT2D eigenvalue weighted by molar-refractivity contribution is -0.130. The number of aromatic nitrogens is 1. The molecule has 2 saturated heterocycles. The molecular formula is C27H34Cl2N4O3. The van der Waals surface area contributed by atoms with Gasteiger partial charge in [0, 0.05) is 57.5 Å². The molecule has 194 valence electrons. The minimum absolute atomic E-state index is 0.0551. The summed E-state index contributed by atoms with van der Waals surface area (Å²) in [5.41, 5.74) is 0.795. The highest BCUT2D eigenvalue weighted by molar-refractivity contribution is 6.42. The largest absolute Gasteiger partial charge is 0.481 e. The maximum absolute atomic E-state index is 13.1. The molecule has 2 aliphatic rings. The number of piperidine rings is 2. The molecule has 3 heterocycles. The van der Waals surface area contributed by atoms with Crippen LogP contribution in [0.3, 0.4) is 0 Å². The number of benzene rings is 1. The second-order valence-corrected chi connectivity index (χ2v) is 10.7. The number of anilines is 1. The molecule has 2 aliphatic heterocycles. The van der Waals surface area contributed by atoms with E-state index in [4.69, 9.17) is 27.9 Å². The Labute approximate surface area is 223 Å². The highest BCUT2D eigenvalue weighted by atomic mass is 35.5. The zero-order chi connectivity index (χ0) is 25.9. The van der Waals surface area contributed by atoms with Crippen molar-refractivity contribution in [3.63, 3.8) is 0 Å². The lowest BCUT2D eigenvalue weighted by Crippen LogP contribution is -2.51. The molecule has 36 heavy (non-hydrogen) atoms. The molecule has 1 aromatic carbocycles. The molecule has 2 amide bonds. The van der Waals surface area contributed by atoms with Crippen molar-refractivity contribution in [3.8, 4) is 5.88 Å². The Morgan fingerprint density at radius 3 is 2.61 bits per heavy atom. The number of carbonyl (C=O) groups is 2. The van der Waals surface area contributed by atoms with Gasteiger partial charge in [0.15, 0.2) is 0 Å². The van der Waals surface area contributed by atoms with Crippen molar-refractivity contribution in [1.29, 1.82) is 0 Å². The normalized spacial score (nSPS) is 21.5. The molecule has 9 heteroatoms. The van der Waals surface area contributed by atoms with Gasteiger partial charge in [0.25, 0.3) is 0 Å². The van der Waals surface area contributed by atoms with Crippen LogP contribution in [0.2, 0.25) is 10.0 Å². The minimum atomic E-state index is -0.292. The van der Waals surface area contributed by atoms with Crippen molar-refractivity contribution in [1.82, 2.24) is 14.8 Å². The number of pyridine rings is 1. The fourth-order valence-corrected chi connectivity index (χ4v) is 5.70. The number of hydrogen-bond donors (Lipinski definition) is 0. The fourth-order valence-electron chi connectivity index (χ4n) is 5.40. The van der Waals surface area contributed by atoms with Crippen LogP contribution >= 0.6 is 23.2 Å². The molecule has 0 unspecified atom stereocenters. The van der Waals surface area contributed by atoms with Gasteiger partial charge in [-0.1, -0.05) is 35.3 Å². The molecule has 2 fully saturated rings. The van der Waals surface area contributed by atoms with Crippen LogP contribution in [0.4, 0.5) is 5.82 Å². The minimum Gasteiger partial charge on any atom is -0.481 e. The third kappa shape index (κ3) is 5.79. The van der Waals surface area contributed by atoms with E-state index in [0.29, 0.717) is 40.8 Å².